The largest absolute Gasteiger partial charge is 0.292 e. The second kappa shape index (κ2) is 6.73. The van der Waals surface area contributed by atoms with Crippen LogP contribution in [-0.4, -0.2) is 6.04 Å². The van der Waals surface area contributed by atoms with Crippen molar-refractivity contribution < 1.29 is 0 Å². The normalized spacial score (nSPS) is 25.4. The highest BCUT2D eigenvalue weighted by Crippen LogP contribution is 2.67. The van der Waals surface area contributed by atoms with Gasteiger partial charge in [0.2, 0.25) is 0 Å². The Balaban J connectivity index is 1.89. The lowest BCUT2D eigenvalue weighted by Gasteiger charge is -2.29. The topological polar surface area (TPSA) is 12.0 Å². The van der Waals surface area contributed by atoms with Crippen molar-refractivity contribution in [2.45, 2.75) is 44.0 Å². The Morgan fingerprint density at radius 1 is 0.810 bits per heavy atom. The summed E-state index contributed by atoms with van der Waals surface area (Å²) in [5, 5.41) is 3.90. The van der Waals surface area contributed by atoms with E-state index >= 15 is 0 Å². The van der Waals surface area contributed by atoms with Crippen LogP contribution in [0.4, 0.5) is 0 Å². The van der Waals surface area contributed by atoms with E-state index in [4.69, 9.17) is 0 Å². The first-order valence-corrected chi connectivity index (χ1v) is 9.38. The van der Waals surface area contributed by atoms with Crippen molar-refractivity contribution in [1.29, 1.82) is 0 Å². The fourth-order valence-electron chi connectivity index (χ4n) is 3.29. The molecule has 0 spiro atoms. The maximum absolute atomic E-state index is 3.90. The Hall–Kier alpha value is -1.17. The quantitative estimate of drug-likeness (QED) is 0.718. The van der Waals surface area contributed by atoms with E-state index in [9.17, 15) is 0 Å². The number of hydrogen-bond acceptors (Lipinski definition) is 1. The molecular formula is C19H24NP. The average Bonchev–Trinajstić information content (AvgIpc) is 2.92. The second-order valence-electron chi connectivity index (χ2n) is 6.12. The van der Waals surface area contributed by atoms with Gasteiger partial charge in [-0.15, -0.1) is 0 Å². The summed E-state index contributed by atoms with van der Waals surface area (Å²) in [5.41, 5.74) is 4.40. The maximum Gasteiger partial charge on any atom is 0.0178 e. The fourth-order valence-corrected chi connectivity index (χ4v) is 6.53. The van der Waals surface area contributed by atoms with Crippen LogP contribution >= 0.6 is 8.07 Å². The van der Waals surface area contributed by atoms with E-state index in [-0.39, 0.29) is 8.07 Å². The zero-order chi connectivity index (χ0) is 14.7. The summed E-state index contributed by atoms with van der Waals surface area (Å²) < 4.78 is 0. The van der Waals surface area contributed by atoms with E-state index in [0.29, 0.717) is 17.4 Å². The lowest BCUT2D eigenvalue weighted by Crippen LogP contribution is -2.20. The van der Waals surface area contributed by atoms with E-state index in [2.05, 4.69) is 79.6 Å². The predicted octanol–water partition coefficient (Wildman–Crippen LogP) is 5.66. The molecule has 2 aromatic rings. The molecule has 0 bridgehead atoms. The number of hydrogen-bond donors (Lipinski definition) is 1. The van der Waals surface area contributed by atoms with Crippen LogP contribution in [0.25, 0.3) is 0 Å². The Kier molecular flexibility index (Phi) is 4.73. The Morgan fingerprint density at radius 2 is 1.24 bits per heavy atom. The summed E-state index contributed by atoms with van der Waals surface area (Å²) >= 11 is 0. The highest BCUT2D eigenvalue weighted by atomic mass is 31.1. The second-order valence-corrected chi connectivity index (χ2v) is 8.44. The van der Waals surface area contributed by atoms with Gasteiger partial charge in [-0.25, -0.2) is 0 Å². The minimum atomic E-state index is -0.214. The Bertz CT molecular complexity index is 505. The molecular weight excluding hydrogens is 273 g/mol. The zero-order valence-electron chi connectivity index (χ0n) is 12.9. The van der Waals surface area contributed by atoms with Crippen LogP contribution in [0.1, 0.15) is 49.1 Å². The standard InChI is InChI=1S/C19H24NP/c1-15(2)20-21-18(16-9-5-3-6-10-16)13-14-19(21)17-11-7-4-8-12-17/h3-12,15,18-20H,13-14H2,1-2H3. The summed E-state index contributed by atoms with van der Waals surface area (Å²) in [4.78, 5) is 0. The Morgan fingerprint density at radius 3 is 1.62 bits per heavy atom. The SMILES string of the molecule is CC(C)NP1C(c2ccccc2)CCC1c1ccccc1. The van der Waals surface area contributed by atoms with E-state index in [1.165, 1.54) is 24.0 Å². The average molecular weight is 297 g/mol. The van der Waals surface area contributed by atoms with Gasteiger partial charge in [-0.05, 0) is 45.9 Å². The molecule has 2 aromatic carbocycles. The maximum atomic E-state index is 3.90. The van der Waals surface area contributed by atoms with Crippen LogP contribution in [0.15, 0.2) is 60.7 Å². The molecule has 1 aliphatic rings. The van der Waals surface area contributed by atoms with Crippen molar-refractivity contribution in [3.63, 3.8) is 0 Å². The van der Waals surface area contributed by atoms with Gasteiger partial charge in [0.15, 0.2) is 0 Å². The summed E-state index contributed by atoms with van der Waals surface area (Å²) in [7, 11) is -0.214. The highest BCUT2D eigenvalue weighted by Gasteiger charge is 2.37. The smallest absolute Gasteiger partial charge is 0.0178 e. The van der Waals surface area contributed by atoms with Gasteiger partial charge in [0, 0.05) is 17.4 Å². The molecule has 2 atom stereocenters. The van der Waals surface area contributed by atoms with Gasteiger partial charge in [0.05, 0.1) is 0 Å². The summed E-state index contributed by atoms with van der Waals surface area (Å²) in [6.45, 7) is 4.54. The van der Waals surface area contributed by atoms with Crippen molar-refractivity contribution in [3.8, 4) is 0 Å². The lowest BCUT2D eigenvalue weighted by atomic mass is 10.0. The zero-order valence-corrected chi connectivity index (χ0v) is 13.8. The van der Waals surface area contributed by atoms with Gasteiger partial charge < -0.3 is 0 Å². The summed E-state index contributed by atoms with van der Waals surface area (Å²) in [6, 6.07) is 22.7. The lowest BCUT2D eigenvalue weighted by molar-refractivity contribution is 0.749. The monoisotopic (exact) mass is 297 g/mol. The van der Waals surface area contributed by atoms with Gasteiger partial charge in [-0.1, -0.05) is 60.7 Å². The van der Waals surface area contributed by atoms with Crippen LogP contribution in [0.3, 0.4) is 0 Å². The first kappa shape index (κ1) is 14.8. The van der Waals surface area contributed by atoms with Gasteiger partial charge in [-0.3, -0.25) is 5.09 Å². The molecule has 1 nitrogen and oxygen atoms in total. The fraction of sp³-hybridized carbons (Fsp3) is 0.368. The molecule has 110 valence electrons. The van der Waals surface area contributed by atoms with Gasteiger partial charge in [-0.2, -0.15) is 0 Å². The van der Waals surface area contributed by atoms with Crippen LogP contribution < -0.4 is 5.09 Å². The molecule has 2 heteroatoms. The van der Waals surface area contributed by atoms with E-state index in [1.807, 2.05) is 0 Å². The molecule has 21 heavy (non-hydrogen) atoms. The van der Waals surface area contributed by atoms with Gasteiger partial charge >= 0.3 is 0 Å². The molecule has 0 aromatic heterocycles. The summed E-state index contributed by atoms with van der Waals surface area (Å²) in [6.07, 6.45) is 2.60. The van der Waals surface area contributed by atoms with Gasteiger partial charge in [0.25, 0.3) is 0 Å². The predicted molar refractivity (Wildman–Crippen MR) is 92.8 cm³/mol. The molecule has 1 heterocycles. The number of benzene rings is 2. The molecule has 0 radical (unpaired) electrons. The van der Waals surface area contributed by atoms with Crippen molar-refractivity contribution in [2.24, 2.45) is 0 Å². The minimum absolute atomic E-state index is 0.214. The van der Waals surface area contributed by atoms with E-state index < -0.39 is 0 Å². The van der Waals surface area contributed by atoms with Crippen LogP contribution in [0, 0.1) is 0 Å². The third kappa shape index (κ3) is 3.36. The minimum Gasteiger partial charge on any atom is -0.292 e. The molecule has 1 fully saturated rings. The summed E-state index contributed by atoms with van der Waals surface area (Å²) in [5.74, 6) is 0. The van der Waals surface area contributed by atoms with Crippen molar-refractivity contribution in [3.05, 3.63) is 71.8 Å². The molecule has 1 N–H and O–H groups in total. The van der Waals surface area contributed by atoms with E-state index in [0.717, 1.165) is 0 Å². The van der Waals surface area contributed by atoms with E-state index in [1.54, 1.807) is 0 Å². The molecule has 0 saturated carbocycles. The molecule has 0 aliphatic carbocycles. The van der Waals surface area contributed by atoms with Crippen molar-refractivity contribution in [2.75, 3.05) is 0 Å². The molecule has 1 saturated heterocycles. The molecule has 2 unspecified atom stereocenters. The first-order valence-electron chi connectivity index (χ1n) is 7.90. The van der Waals surface area contributed by atoms with Crippen LogP contribution in [-0.2, 0) is 0 Å². The number of rotatable bonds is 4. The third-order valence-corrected chi connectivity index (χ3v) is 7.43. The van der Waals surface area contributed by atoms with Gasteiger partial charge in [0.1, 0.15) is 0 Å². The number of nitrogens with one attached hydrogen (secondary N) is 1. The Labute approximate surface area is 129 Å². The van der Waals surface area contributed by atoms with Crippen LogP contribution in [0.2, 0.25) is 0 Å². The van der Waals surface area contributed by atoms with Crippen molar-refractivity contribution in [1.82, 2.24) is 5.09 Å². The van der Waals surface area contributed by atoms with Crippen LogP contribution in [0.5, 0.6) is 0 Å². The third-order valence-electron chi connectivity index (χ3n) is 4.16. The van der Waals surface area contributed by atoms with Crippen molar-refractivity contribution >= 4 is 8.07 Å². The highest BCUT2D eigenvalue weighted by molar-refractivity contribution is 7.56. The molecule has 1 aliphatic heterocycles. The first-order chi connectivity index (χ1) is 10.3. The molecule has 3 rings (SSSR count). The molecule has 0 amide bonds.